The second kappa shape index (κ2) is 9.45. The van der Waals surface area contributed by atoms with Crippen LogP contribution in [-0.2, 0) is 4.74 Å². The molecule has 0 saturated carbocycles. The zero-order valence-corrected chi connectivity index (χ0v) is 14.7. The highest BCUT2D eigenvalue weighted by Gasteiger charge is 2.24. The predicted molar refractivity (Wildman–Crippen MR) is 89.9 cm³/mol. The zero-order valence-electron chi connectivity index (χ0n) is 12.3. The van der Waals surface area contributed by atoms with Crippen LogP contribution in [0.2, 0.25) is 0 Å². The van der Waals surface area contributed by atoms with E-state index < -0.39 is 0 Å². The van der Waals surface area contributed by atoms with Crippen LogP contribution in [0.1, 0.15) is 29.6 Å². The molecule has 1 aliphatic heterocycles. The summed E-state index contributed by atoms with van der Waals surface area (Å²) in [5.74, 6) is -0.422. The van der Waals surface area contributed by atoms with Crippen molar-refractivity contribution in [2.75, 3.05) is 26.2 Å². The van der Waals surface area contributed by atoms with Gasteiger partial charge in [-0.3, -0.25) is 4.79 Å². The molecule has 2 N–H and O–H groups in total. The number of benzene rings is 1. The van der Waals surface area contributed by atoms with Crippen molar-refractivity contribution < 1.29 is 13.9 Å². The first-order chi connectivity index (χ1) is 10.1. The first kappa shape index (κ1) is 19.4. The van der Waals surface area contributed by atoms with Gasteiger partial charge in [0.15, 0.2) is 0 Å². The largest absolute Gasteiger partial charge is 0.378 e. The molecule has 1 fully saturated rings. The number of nitrogens with two attached hydrogens (primary N) is 1. The first-order valence-electron chi connectivity index (χ1n) is 7.18. The molecule has 22 heavy (non-hydrogen) atoms. The Balaban J connectivity index is 0.00000242. The molecule has 0 unspecified atom stereocenters. The first-order valence-corrected chi connectivity index (χ1v) is 7.97. The van der Waals surface area contributed by atoms with Gasteiger partial charge in [-0.2, -0.15) is 0 Å². The summed E-state index contributed by atoms with van der Waals surface area (Å²) >= 11 is 3.11. The molecule has 2 rings (SSSR count). The minimum atomic E-state index is -0.362. The minimum absolute atomic E-state index is 0. The van der Waals surface area contributed by atoms with Crippen LogP contribution in [0.5, 0.6) is 0 Å². The maximum atomic E-state index is 13.2. The fraction of sp³-hybridized carbons (Fsp3) is 0.533. The lowest BCUT2D eigenvalue weighted by molar-refractivity contribution is 0.00844. The number of hydrogen-bond donors (Lipinski definition) is 1. The van der Waals surface area contributed by atoms with Gasteiger partial charge in [0, 0.05) is 25.3 Å². The van der Waals surface area contributed by atoms with Crippen LogP contribution >= 0.6 is 28.3 Å². The molecule has 1 heterocycles. The highest BCUT2D eigenvalue weighted by Crippen LogP contribution is 2.20. The SMILES string of the molecule is Cl.NCCCOC1CCN(C(=O)c2ccc(F)c(Br)c2)CC1. The summed E-state index contributed by atoms with van der Waals surface area (Å²) in [6.07, 6.45) is 2.74. The number of hydrogen-bond acceptors (Lipinski definition) is 3. The van der Waals surface area contributed by atoms with E-state index in [0.29, 0.717) is 36.3 Å². The van der Waals surface area contributed by atoms with Gasteiger partial charge in [-0.25, -0.2) is 4.39 Å². The molecule has 1 amide bonds. The number of amides is 1. The van der Waals surface area contributed by atoms with Crippen molar-refractivity contribution in [1.82, 2.24) is 4.90 Å². The summed E-state index contributed by atoms with van der Waals surface area (Å²) in [7, 11) is 0. The topological polar surface area (TPSA) is 55.6 Å². The van der Waals surface area contributed by atoms with Gasteiger partial charge < -0.3 is 15.4 Å². The van der Waals surface area contributed by atoms with E-state index in [2.05, 4.69) is 15.9 Å². The Labute approximate surface area is 144 Å². The average molecular weight is 396 g/mol. The number of nitrogens with zero attached hydrogens (tertiary/aromatic N) is 1. The third-order valence-electron chi connectivity index (χ3n) is 3.60. The van der Waals surface area contributed by atoms with Crippen LogP contribution in [-0.4, -0.2) is 43.2 Å². The van der Waals surface area contributed by atoms with Crippen molar-refractivity contribution in [3.63, 3.8) is 0 Å². The standard InChI is InChI=1S/C15H20BrFN2O2.ClH/c16-13-10-11(2-3-14(13)17)15(20)19-7-4-12(5-8-19)21-9-1-6-18;/h2-3,10,12H,1,4-9,18H2;1H. The van der Waals surface area contributed by atoms with Crippen molar-refractivity contribution in [2.45, 2.75) is 25.4 Å². The Bertz CT molecular complexity index is 496. The highest BCUT2D eigenvalue weighted by molar-refractivity contribution is 9.10. The van der Waals surface area contributed by atoms with Gasteiger partial charge >= 0.3 is 0 Å². The van der Waals surface area contributed by atoms with Gasteiger partial charge in [-0.1, -0.05) is 0 Å². The molecule has 0 aliphatic carbocycles. The molecule has 1 aliphatic rings. The van der Waals surface area contributed by atoms with Crippen LogP contribution in [0.15, 0.2) is 22.7 Å². The van der Waals surface area contributed by atoms with Gasteiger partial charge in [0.05, 0.1) is 10.6 Å². The van der Waals surface area contributed by atoms with E-state index in [-0.39, 0.29) is 30.2 Å². The molecule has 0 spiro atoms. The number of ether oxygens (including phenoxy) is 1. The molecule has 0 radical (unpaired) electrons. The summed E-state index contributed by atoms with van der Waals surface area (Å²) in [6, 6.07) is 4.35. The second-order valence-corrected chi connectivity index (χ2v) is 5.99. The molecule has 0 atom stereocenters. The smallest absolute Gasteiger partial charge is 0.253 e. The summed E-state index contributed by atoms with van der Waals surface area (Å²) in [5, 5.41) is 0. The molecule has 1 aromatic carbocycles. The number of likely N-dealkylation sites (tertiary alicyclic amines) is 1. The van der Waals surface area contributed by atoms with Crippen LogP contribution in [0.25, 0.3) is 0 Å². The summed E-state index contributed by atoms with van der Waals surface area (Å²) in [5.41, 5.74) is 5.94. The van der Waals surface area contributed by atoms with Gasteiger partial charge in [0.2, 0.25) is 0 Å². The quantitative estimate of drug-likeness (QED) is 0.780. The molecule has 124 valence electrons. The van der Waals surface area contributed by atoms with Crippen molar-refractivity contribution in [1.29, 1.82) is 0 Å². The second-order valence-electron chi connectivity index (χ2n) is 5.13. The Hall–Kier alpha value is -0.690. The van der Waals surface area contributed by atoms with Crippen molar-refractivity contribution >= 4 is 34.2 Å². The molecule has 4 nitrogen and oxygen atoms in total. The van der Waals surface area contributed by atoms with Gasteiger partial charge in [0.25, 0.3) is 5.91 Å². The molecular weight excluding hydrogens is 375 g/mol. The Morgan fingerprint density at radius 2 is 2.09 bits per heavy atom. The molecule has 0 bridgehead atoms. The van der Waals surface area contributed by atoms with E-state index in [1.54, 1.807) is 4.90 Å². The summed E-state index contributed by atoms with van der Waals surface area (Å²) in [6.45, 7) is 2.65. The van der Waals surface area contributed by atoms with Crippen molar-refractivity contribution in [3.05, 3.63) is 34.1 Å². The maximum Gasteiger partial charge on any atom is 0.253 e. The lowest BCUT2D eigenvalue weighted by atomic mass is 10.1. The molecule has 7 heteroatoms. The van der Waals surface area contributed by atoms with Gasteiger partial charge in [-0.15, -0.1) is 12.4 Å². The third kappa shape index (κ3) is 5.19. The maximum absolute atomic E-state index is 13.2. The number of carbonyl (C=O) groups excluding carboxylic acids is 1. The van der Waals surface area contributed by atoms with Gasteiger partial charge in [-0.05, 0) is 59.9 Å². The van der Waals surface area contributed by atoms with E-state index in [9.17, 15) is 9.18 Å². The molecular formula is C15H21BrClFN2O2. The molecule has 0 aromatic heterocycles. The predicted octanol–water partition coefficient (Wildman–Crippen LogP) is 2.98. The number of piperidine rings is 1. The van der Waals surface area contributed by atoms with Crippen LogP contribution in [0.3, 0.4) is 0 Å². The van der Waals surface area contributed by atoms with Crippen LogP contribution in [0.4, 0.5) is 4.39 Å². The Morgan fingerprint density at radius 1 is 1.41 bits per heavy atom. The van der Waals surface area contributed by atoms with E-state index in [0.717, 1.165) is 19.3 Å². The number of halogens is 3. The summed E-state index contributed by atoms with van der Waals surface area (Å²) in [4.78, 5) is 14.1. The van der Waals surface area contributed by atoms with Crippen molar-refractivity contribution in [2.24, 2.45) is 5.73 Å². The van der Waals surface area contributed by atoms with E-state index in [1.807, 2.05) is 0 Å². The van der Waals surface area contributed by atoms with Crippen molar-refractivity contribution in [3.8, 4) is 0 Å². The fourth-order valence-electron chi connectivity index (χ4n) is 2.37. The third-order valence-corrected chi connectivity index (χ3v) is 4.21. The van der Waals surface area contributed by atoms with Gasteiger partial charge in [0.1, 0.15) is 5.82 Å². The number of carbonyl (C=O) groups is 1. The monoisotopic (exact) mass is 394 g/mol. The lowest BCUT2D eigenvalue weighted by Gasteiger charge is -2.32. The van der Waals surface area contributed by atoms with Crippen LogP contribution in [0, 0.1) is 5.82 Å². The fourth-order valence-corrected chi connectivity index (χ4v) is 2.75. The highest BCUT2D eigenvalue weighted by atomic mass is 79.9. The summed E-state index contributed by atoms with van der Waals surface area (Å²) < 4.78 is 19.2. The Kier molecular flexibility index (Phi) is 8.31. The molecule has 1 saturated heterocycles. The lowest BCUT2D eigenvalue weighted by Crippen LogP contribution is -2.41. The van der Waals surface area contributed by atoms with Crippen LogP contribution < -0.4 is 5.73 Å². The van der Waals surface area contributed by atoms with E-state index in [4.69, 9.17) is 10.5 Å². The normalized spacial score (nSPS) is 15.5. The molecule has 1 aromatic rings. The Morgan fingerprint density at radius 3 is 2.68 bits per heavy atom. The minimum Gasteiger partial charge on any atom is -0.378 e. The average Bonchev–Trinajstić information content (AvgIpc) is 2.50. The zero-order chi connectivity index (χ0) is 15.2. The van der Waals surface area contributed by atoms with E-state index >= 15 is 0 Å². The van der Waals surface area contributed by atoms with E-state index in [1.165, 1.54) is 18.2 Å². The number of rotatable bonds is 5.